The van der Waals surface area contributed by atoms with Crippen molar-refractivity contribution in [2.75, 3.05) is 26.8 Å². The average Bonchev–Trinajstić information content (AvgIpc) is 3.40. The van der Waals surface area contributed by atoms with Gasteiger partial charge in [-0.05, 0) is 75.3 Å². The number of nitrogens with zero attached hydrogens (tertiary/aromatic N) is 4. The minimum Gasteiger partial charge on any atom is -0.444 e. The van der Waals surface area contributed by atoms with Crippen LogP contribution in [-0.4, -0.2) is 69.8 Å². The van der Waals surface area contributed by atoms with Gasteiger partial charge in [-0.1, -0.05) is 42.5 Å². The summed E-state index contributed by atoms with van der Waals surface area (Å²) in [5, 5.41) is 16.8. The lowest BCUT2D eigenvalue weighted by molar-refractivity contribution is -0.384. The van der Waals surface area contributed by atoms with Crippen LogP contribution in [0.1, 0.15) is 70.2 Å². The number of nitrogens with one attached hydrogen (secondary N) is 1. The molecule has 11 heteroatoms. The van der Waals surface area contributed by atoms with E-state index in [4.69, 9.17) is 14.5 Å². The molecule has 0 saturated carbocycles. The number of imidazole rings is 1. The van der Waals surface area contributed by atoms with Crippen LogP contribution in [-0.2, 0) is 27.2 Å². The molecule has 1 fully saturated rings. The molecule has 47 heavy (non-hydrogen) atoms. The number of rotatable bonds is 12. The number of likely N-dealkylation sites (tertiary alicyclic amines) is 1. The number of aromatic nitrogens is 2. The third kappa shape index (κ3) is 8.85. The molecule has 2 heterocycles. The second-order valence-electron chi connectivity index (χ2n) is 13.4. The quantitative estimate of drug-likeness (QED) is 0.103. The number of nitro benzene ring substituents is 1. The van der Waals surface area contributed by atoms with Crippen LogP contribution < -0.4 is 5.32 Å². The predicted octanol–water partition coefficient (Wildman–Crippen LogP) is 6.76. The van der Waals surface area contributed by atoms with Crippen molar-refractivity contribution in [3.63, 3.8) is 0 Å². The summed E-state index contributed by atoms with van der Waals surface area (Å²) in [4.78, 5) is 44.7. The monoisotopic (exact) mass is 643 g/mol. The van der Waals surface area contributed by atoms with E-state index < -0.39 is 17.7 Å². The molecule has 2 atom stereocenters. The first-order valence-electron chi connectivity index (χ1n) is 16.4. The van der Waals surface area contributed by atoms with Gasteiger partial charge in [0.2, 0.25) is 5.91 Å². The maximum absolute atomic E-state index is 13.9. The van der Waals surface area contributed by atoms with E-state index >= 15 is 0 Å². The zero-order valence-corrected chi connectivity index (χ0v) is 27.7. The molecule has 4 aromatic rings. The normalized spacial score (nSPS) is 15.9. The van der Waals surface area contributed by atoms with Crippen molar-refractivity contribution >= 4 is 39.5 Å². The van der Waals surface area contributed by atoms with Gasteiger partial charge in [0.25, 0.3) is 5.69 Å². The first kappa shape index (κ1) is 33.8. The minimum absolute atomic E-state index is 0.0254. The molecule has 1 aliphatic heterocycles. The van der Waals surface area contributed by atoms with Gasteiger partial charge >= 0.3 is 6.09 Å². The van der Waals surface area contributed by atoms with Gasteiger partial charge in [-0.25, -0.2) is 9.78 Å². The number of methoxy groups -OCH3 is 1. The molecule has 2 amide bonds. The number of ether oxygens (including phenoxy) is 2. The number of unbranched alkanes of at least 4 members (excludes halogenated alkanes) is 1. The molecule has 1 saturated heterocycles. The van der Waals surface area contributed by atoms with Crippen molar-refractivity contribution in [3.05, 3.63) is 82.2 Å². The van der Waals surface area contributed by atoms with Gasteiger partial charge in [0.15, 0.2) is 0 Å². The van der Waals surface area contributed by atoms with Crippen molar-refractivity contribution in [3.8, 4) is 0 Å². The van der Waals surface area contributed by atoms with Crippen molar-refractivity contribution in [2.24, 2.45) is 0 Å². The molecule has 0 bridgehead atoms. The standard InChI is InChI=1S/C36H45N5O6/c1-36(2,3)47-35(43)37-29(21-25-13-14-26-10-5-6-11-27(26)20-25)22-33(42)39-17-9-12-28(24-39)34-38-31-16-15-30(41(44)45)23-32(31)40(34)18-7-8-19-46-4/h5-6,10-11,13-16,20,23,28-29H,7-9,12,17-19,21-22,24H2,1-4H3,(H,37,43)/t28-,29-/m1/s1. The maximum Gasteiger partial charge on any atom is 0.407 e. The van der Waals surface area contributed by atoms with E-state index in [9.17, 15) is 19.7 Å². The van der Waals surface area contributed by atoms with E-state index in [-0.39, 0.29) is 28.9 Å². The Balaban J connectivity index is 1.35. The number of hydrogen-bond acceptors (Lipinski definition) is 7. The second-order valence-corrected chi connectivity index (χ2v) is 13.4. The lowest BCUT2D eigenvalue weighted by atomic mass is 9.95. The van der Waals surface area contributed by atoms with Crippen LogP contribution in [0.2, 0.25) is 0 Å². The summed E-state index contributed by atoms with van der Waals surface area (Å²) >= 11 is 0. The van der Waals surface area contributed by atoms with Crippen LogP contribution >= 0.6 is 0 Å². The number of alkyl carbamates (subject to hydrolysis) is 1. The summed E-state index contributed by atoms with van der Waals surface area (Å²) < 4.78 is 12.9. The van der Waals surface area contributed by atoms with Crippen molar-refractivity contribution in [2.45, 2.75) is 83.4 Å². The molecule has 0 unspecified atom stereocenters. The van der Waals surface area contributed by atoms with Gasteiger partial charge in [0.1, 0.15) is 11.4 Å². The molecule has 11 nitrogen and oxygen atoms in total. The number of carbonyl (C=O) groups excluding carboxylic acids is 2. The molecule has 5 rings (SSSR count). The SMILES string of the molecule is COCCCCn1c([C@@H]2CCCN(C(=O)C[C@@H](Cc3ccc4ccccc4c3)NC(=O)OC(C)(C)C)C2)nc2ccc([N+](=O)[O-])cc21. The van der Waals surface area contributed by atoms with Gasteiger partial charge in [0.05, 0.1) is 16.0 Å². The fraction of sp³-hybridized carbons (Fsp3) is 0.472. The summed E-state index contributed by atoms with van der Waals surface area (Å²) in [5.74, 6) is 0.768. The van der Waals surface area contributed by atoms with E-state index in [1.54, 1.807) is 19.2 Å². The Morgan fingerprint density at radius 2 is 1.87 bits per heavy atom. The van der Waals surface area contributed by atoms with Crippen molar-refractivity contribution in [1.29, 1.82) is 0 Å². The average molecular weight is 644 g/mol. The summed E-state index contributed by atoms with van der Waals surface area (Å²) in [6, 6.07) is 18.6. The maximum atomic E-state index is 13.9. The Morgan fingerprint density at radius 3 is 2.62 bits per heavy atom. The minimum atomic E-state index is -0.670. The van der Waals surface area contributed by atoms with E-state index in [2.05, 4.69) is 34.1 Å². The van der Waals surface area contributed by atoms with Gasteiger partial charge in [-0.2, -0.15) is 0 Å². The molecule has 0 aliphatic carbocycles. The van der Waals surface area contributed by atoms with Gasteiger partial charge in [-0.15, -0.1) is 0 Å². The van der Waals surface area contributed by atoms with Crippen LogP contribution in [0, 0.1) is 10.1 Å². The van der Waals surface area contributed by atoms with Gasteiger partial charge < -0.3 is 24.3 Å². The number of hydrogen-bond donors (Lipinski definition) is 1. The summed E-state index contributed by atoms with van der Waals surface area (Å²) in [7, 11) is 1.67. The van der Waals surface area contributed by atoms with Crippen molar-refractivity contribution < 1.29 is 24.0 Å². The number of nitro groups is 1. The lowest BCUT2D eigenvalue weighted by Crippen LogP contribution is -2.46. The van der Waals surface area contributed by atoms with Gasteiger partial charge in [0, 0.05) is 63.9 Å². The highest BCUT2D eigenvalue weighted by Crippen LogP contribution is 2.32. The van der Waals surface area contributed by atoms with Crippen LogP contribution in [0.4, 0.5) is 10.5 Å². The van der Waals surface area contributed by atoms with Crippen LogP contribution in [0.3, 0.4) is 0 Å². The lowest BCUT2D eigenvalue weighted by Gasteiger charge is -2.34. The second kappa shape index (κ2) is 14.9. The number of piperidine rings is 1. The molecule has 0 radical (unpaired) electrons. The first-order chi connectivity index (χ1) is 22.5. The zero-order chi connectivity index (χ0) is 33.6. The number of amides is 2. The number of carbonyl (C=O) groups is 2. The summed E-state index contributed by atoms with van der Waals surface area (Å²) in [5.41, 5.74) is 1.81. The smallest absolute Gasteiger partial charge is 0.407 e. The third-order valence-electron chi connectivity index (χ3n) is 8.53. The number of aryl methyl sites for hydroxylation is 1. The van der Waals surface area contributed by atoms with Crippen LogP contribution in [0.5, 0.6) is 0 Å². The third-order valence-corrected chi connectivity index (χ3v) is 8.53. The number of non-ortho nitro benzene ring substituents is 1. The topological polar surface area (TPSA) is 129 Å². The Morgan fingerprint density at radius 1 is 1.09 bits per heavy atom. The highest BCUT2D eigenvalue weighted by atomic mass is 16.6. The Hall–Kier alpha value is -4.51. The van der Waals surface area contributed by atoms with Crippen LogP contribution in [0.25, 0.3) is 21.8 Å². The highest BCUT2D eigenvalue weighted by molar-refractivity contribution is 5.83. The van der Waals surface area contributed by atoms with E-state index in [1.807, 2.05) is 43.9 Å². The summed E-state index contributed by atoms with van der Waals surface area (Å²) in [6.45, 7) is 7.81. The van der Waals surface area contributed by atoms with Crippen molar-refractivity contribution in [1.82, 2.24) is 19.8 Å². The summed E-state index contributed by atoms with van der Waals surface area (Å²) in [6.07, 6.45) is 3.38. The molecular weight excluding hydrogens is 598 g/mol. The molecule has 0 spiro atoms. The molecule has 1 aromatic heterocycles. The Labute approximate surface area is 275 Å². The van der Waals surface area contributed by atoms with E-state index in [0.29, 0.717) is 38.2 Å². The molecule has 1 N–H and O–H groups in total. The molecule has 3 aromatic carbocycles. The Kier molecular flexibility index (Phi) is 10.8. The van der Waals surface area contributed by atoms with Crippen LogP contribution in [0.15, 0.2) is 60.7 Å². The largest absolute Gasteiger partial charge is 0.444 e. The number of benzene rings is 3. The first-order valence-corrected chi connectivity index (χ1v) is 16.4. The fourth-order valence-corrected chi connectivity index (χ4v) is 6.36. The molecular formula is C36H45N5O6. The highest BCUT2D eigenvalue weighted by Gasteiger charge is 2.31. The molecule has 1 aliphatic rings. The number of fused-ring (bicyclic) bond motifs is 2. The fourth-order valence-electron chi connectivity index (χ4n) is 6.36. The van der Waals surface area contributed by atoms with E-state index in [0.717, 1.165) is 53.4 Å². The van der Waals surface area contributed by atoms with E-state index in [1.165, 1.54) is 6.07 Å². The predicted molar refractivity (Wildman–Crippen MR) is 181 cm³/mol. The Bertz CT molecular complexity index is 1730. The molecule has 250 valence electrons. The van der Waals surface area contributed by atoms with Gasteiger partial charge in [-0.3, -0.25) is 14.9 Å². The zero-order valence-electron chi connectivity index (χ0n) is 27.7.